The molecule has 1 aromatic carbocycles. The third-order valence-electron chi connectivity index (χ3n) is 3.75. The zero-order chi connectivity index (χ0) is 15.4. The van der Waals surface area contributed by atoms with Crippen LogP contribution in [0.4, 0.5) is 8.78 Å². The van der Waals surface area contributed by atoms with E-state index < -0.39 is 6.61 Å². The van der Waals surface area contributed by atoms with Gasteiger partial charge in [0, 0.05) is 31.1 Å². The van der Waals surface area contributed by atoms with E-state index in [2.05, 4.69) is 26.4 Å². The Hall–Kier alpha value is -0.920. The van der Waals surface area contributed by atoms with Gasteiger partial charge in [0.05, 0.1) is 6.04 Å². The van der Waals surface area contributed by atoms with Crippen molar-refractivity contribution in [3.63, 3.8) is 0 Å². The highest BCUT2D eigenvalue weighted by atomic mass is 35.5. The Kier molecular flexibility index (Phi) is 8.94. The van der Waals surface area contributed by atoms with E-state index in [1.54, 1.807) is 23.5 Å². The molecule has 0 unspecified atom stereocenters. The van der Waals surface area contributed by atoms with Crippen LogP contribution in [0.1, 0.15) is 16.5 Å². The van der Waals surface area contributed by atoms with Crippen LogP contribution in [0.25, 0.3) is 0 Å². The third kappa shape index (κ3) is 5.29. The summed E-state index contributed by atoms with van der Waals surface area (Å²) in [6.07, 6.45) is 0. The Morgan fingerprint density at radius 1 is 1.04 bits per heavy atom. The van der Waals surface area contributed by atoms with Gasteiger partial charge in [-0.3, -0.25) is 4.90 Å². The summed E-state index contributed by atoms with van der Waals surface area (Å²) in [5.74, 6) is 0.198. The summed E-state index contributed by atoms with van der Waals surface area (Å²) in [6.45, 7) is 1.09. The Balaban J connectivity index is 0.00000144. The lowest BCUT2D eigenvalue weighted by molar-refractivity contribution is -0.0498. The van der Waals surface area contributed by atoms with Crippen LogP contribution in [-0.4, -0.2) is 37.7 Å². The summed E-state index contributed by atoms with van der Waals surface area (Å²) in [5, 5.41) is 5.42. The topological polar surface area (TPSA) is 24.5 Å². The van der Waals surface area contributed by atoms with Crippen molar-refractivity contribution in [2.75, 3.05) is 26.2 Å². The first kappa shape index (κ1) is 21.1. The number of nitrogens with one attached hydrogen (secondary N) is 1. The molecule has 1 saturated heterocycles. The summed E-state index contributed by atoms with van der Waals surface area (Å²) in [7, 11) is 0. The number of benzene rings is 1. The first-order chi connectivity index (χ1) is 10.7. The normalized spacial score (nSPS) is 16.1. The van der Waals surface area contributed by atoms with Crippen LogP contribution in [0.2, 0.25) is 0 Å². The standard InChI is InChI=1S/C16H18F2N2OS.2ClH/c17-16(18)21-13-5-3-12(4-6-13)15(14-2-1-11-22-14)20-9-7-19-8-10-20;;/h1-6,11,15-16,19H,7-10H2;2*1H/t15-;;/m1../s1. The van der Waals surface area contributed by atoms with Gasteiger partial charge in [0.15, 0.2) is 0 Å². The Morgan fingerprint density at radius 2 is 1.71 bits per heavy atom. The molecule has 8 heteroatoms. The van der Waals surface area contributed by atoms with Crippen LogP contribution >= 0.6 is 36.2 Å². The van der Waals surface area contributed by atoms with Crippen molar-refractivity contribution in [3.8, 4) is 5.75 Å². The van der Waals surface area contributed by atoms with Gasteiger partial charge in [-0.2, -0.15) is 8.78 Å². The lowest BCUT2D eigenvalue weighted by Crippen LogP contribution is -2.45. The molecule has 0 radical (unpaired) electrons. The molecule has 3 rings (SSSR count). The van der Waals surface area contributed by atoms with Crippen LogP contribution in [0, 0.1) is 0 Å². The second-order valence-corrected chi connectivity index (χ2v) is 6.13. The van der Waals surface area contributed by atoms with Gasteiger partial charge in [-0.05, 0) is 29.1 Å². The van der Waals surface area contributed by atoms with Crippen molar-refractivity contribution >= 4 is 36.2 Å². The predicted octanol–water partition coefficient (Wildman–Crippen LogP) is 4.19. The van der Waals surface area contributed by atoms with E-state index >= 15 is 0 Å². The average Bonchev–Trinajstić information content (AvgIpc) is 3.04. The molecular formula is C16H20Cl2F2N2OS. The second kappa shape index (κ2) is 10.2. The van der Waals surface area contributed by atoms with E-state index in [4.69, 9.17) is 0 Å². The molecule has 0 amide bonds. The molecule has 3 nitrogen and oxygen atoms in total. The van der Waals surface area contributed by atoms with E-state index in [1.165, 1.54) is 4.88 Å². The Labute approximate surface area is 156 Å². The molecule has 1 aromatic heterocycles. The van der Waals surface area contributed by atoms with Crippen molar-refractivity contribution in [1.82, 2.24) is 10.2 Å². The molecule has 1 aliphatic heterocycles. The van der Waals surface area contributed by atoms with Gasteiger partial charge in [-0.1, -0.05) is 18.2 Å². The highest BCUT2D eigenvalue weighted by molar-refractivity contribution is 7.10. The summed E-state index contributed by atoms with van der Waals surface area (Å²) in [5.41, 5.74) is 1.10. The quantitative estimate of drug-likeness (QED) is 0.819. The van der Waals surface area contributed by atoms with Gasteiger partial charge in [-0.15, -0.1) is 36.2 Å². The van der Waals surface area contributed by atoms with Gasteiger partial charge >= 0.3 is 6.61 Å². The molecule has 2 heterocycles. The van der Waals surface area contributed by atoms with Gasteiger partial charge in [-0.25, -0.2) is 0 Å². The fourth-order valence-electron chi connectivity index (χ4n) is 2.77. The maximum Gasteiger partial charge on any atom is 0.387 e. The minimum Gasteiger partial charge on any atom is -0.435 e. The summed E-state index contributed by atoms with van der Waals surface area (Å²) >= 11 is 1.72. The van der Waals surface area contributed by atoms with Crippen LogP contribution < -0.4 is 10.1 Å². The molecule has 0 aliphatic carbocycles. The monoisotopic (exact) mass is 396 g/mol. The maximum atomic E-state index is 12.3. The van der Waals surface area contributed by atoms with E-state index in [0.29, 0.717) is 0 Å². The van der Waals surface area contributed by atoms with Crippen LogP contribution in [0.3, 0.4) is 0 Å². The summed E-state index contributed by atoms with van der Waals surface area (Å²) in [6, 6.07) is 11.3. The van der Waals surface area contributed by atoms with Crippen molar-refractivity contribution in [3.05, 3.63) is 52.2 Å². The lowest BCUT2D eigenvalue weighted by atomic mass is 10.0. The van der Waals surface area contributed by atoms with Gasteiger partial charge in [0.1, 0.15) is 5.75 Å². The molecule has 2 aromatic rings. The van der Waals surface area contributed by atoms with Gasteiger partial charge < -0.3 is 10.1 Å². The van der Waals surface area contributed by atoms with E-state index in [9.17, 15) is 8.78 Å². The minimum atomic E-state index is -2.79. The van der Waals surface area contributed by atoms with Gasteiger partial charge in [0.2, 0.25) is 0 Å². The van der Waals surface area contributed by atoms with Crippen LogP contribution in [-0.2, 0) is 0 Å². The number of ether oxygens (including phenoxy) is 1. The smallest absolute Gasteiger partial charge is 0.387 e. The minimum absolute atomic E-state index is 0. The summed E-state index contributed by atoms with van der Waals surface area (Å²) in [4.78, 5) is 3.69. The van der Waals surface area contributed by atoms with Crippen molar-refractivity contribution in [2.45, 2.75) is 12.7 Å². The second-order valence-electron chi connectivity index (χ2n) is 5.15. The zero-order valence-electron chi connectivity index (χ0n) is 12.9. The molecule has 1 aliphatic rings. The Morgan fingerprint density at radius 3 is 2.25 bits per heavy atom. The number of piperazine rings is 1. The molecule has 0 saturated carbocycles. The Bertz CT molecular complexity index is 578. The lowest BCUT2D eigenvalue weighted by Gasteiger charge is -2.34. The number of nitrogens with zero attached hydrogens (tertiary/aromatic N) is 1. The molecule has 134 valence electrons. The predicted molar refractivity (Wildman–Crippen MR) is 98.2 cm³/mol. The van der Waals surface area contributed by atoms with Gasteiger partial charge in [0.25, 0.3) is 0 Å². The van der Waals surface area contributed by atoms with E-state index in [1.807, 2.05) is 18.2 Å². The summed E-state index contributed by atoms with van der Waals surface area (Å²) < 4.78 is 28.9. The molecule has 1 atom stereocenters. The first-order valence-electron chi connectivity index (χ1n) is 7.27. The molecule has 0 bridgehead atoms. The number of hydrogen-bond donors (Lipinski definition) is 1. The fourth-order valence-corrected chi connectivity index (χ4v) is 3.66. The largest absolute Gasteiger partial charge is 0.435 e. The van der Waals surface area contributed by atoms with Crippen LogP contribution in [0.5, 0.6) is 5.75 Å². The number of hydrogen-bond acceptors (Lipinski definition) is 4. The third-order valence-corrected chi connectivity index (χ3v) is 4.68. The highest BCUT2D eigenvalue weighted by Gasteiger charge is 2.24. The number of thiophene rings is 1. The van der Waals surface area contributed by atoms with Crippen molar-refractivity contribution in [1.29, 1.82) is 0 Å². The average molecular weight is 397 g/mol. The number of alkyl halides is 2. The highest BCUT2D eigenvalue weighted by Crippen LogP contribution is 2.33. The number of halogens is 4. The molecule has 1 N–H and O–H groups in total. The maximum absolute atomic E-state index is 12.3. The molecule has 0 spiro atoms. The first-order valence-corrected chi connectivity index (χ1v) is 8.15. The number of rotatable bonds is 5. The van der Waals surface area contributed by atoms with Crippen molar-refractivity contribution in [2.24, 2.45) is 0 Å². The van der Waals surface area contributed by atoms with E-state index in [0.717, 1.165) is 31.7 Å². The molecule has 1 fully saturated rings. The SMILES string of the molecule is Cl.Cl.FC(F)Oc1ccc([C@H](c2cccs2)N2CCNCC2)cc1. The zero-order valence-corrected chi connectivity index (χ0v) is 15.3. The van der Waals surface area contributed by atoms with Crippen molar-refractivity contribution < 1.29 is 13.5 Å². The van der Waals surface area contributed by atoms with E-state index in [-0.39, 0.29) is 36.6 Å². The fraction of sp³-hybridized carbons (Fsp3) is 0.375. The van der Waals surface area contributed by atoms with Crippen LogP contribution in [0.15, 0.2) is 41.8 Å². The molecular weight excluding hydrogens is 377 g/mol. The molecule has 24 heavy (non-hydrogen) atoms.